The van der Waals surface area contributed by atoms with Crippen molar-refractivity contribution in [1.29, 1.82) is 0 Å². The van der Waals surface area contributed by atoms with Gasteiger partial charge in [0.25, 0.3) is 0 Å². The summed E-state index contributed by atoms with van der Waals surface area (Å²) in [7, 11) is 0. The molecule has 0 atom stereocenters. The van der Waals surface area contributed by atoms with Gasteiger partial charge in [0.15, 0.2) is 0 Å². The van der Waals surface area contributed by atoms with E-state index in [1.54, 1.807) is 0 Å². The summed E-state index contributed by atoms with van der Waals surface area (Å²) in [6.45, 7) is 4.57. The molecule has 1 fully saturated rings. The van der Waals surface area contributed by atoms with Crippen LogP contribution in [-0.4, -0.2) is 41.0 Å². The number of piperidine rings is 1. The smallest absolute Gasteiger partial charge is 0.201 e. The van der Waals surface area contributed by atoms with E-state index in [9.17, 15) is 0 Å². The molecule has 96 valence electrons. The molecule has 1 aliphatic heterocycles. The fourth-order valence-corrected chi connectivity index (χ4v) is 2.55. The van der Waals surface area contributed by atoms with Gasteiger partial charge in [0, 0.05) is 13.1 Å². The number of nitrogens with zero attached hydrogens (tertiary/aromatic N) is 2. The fourth-order valence-electron chi connectivity index (χ4n) is 2.55. The standard InChI is InChI=1S/C14H20N4/c1-4-9-18(10-5-1)11-8-15-14-16-12-6-2-3-7-13(12)17-14/h2-3,6-7H,1,4-5,8-11H2,(H2,15,16,17). The summed E-state index contributed by atoms with van der Waals surface area (Å²) in [5, 5.41) is 3.37. The van der Waals surface area contributed by atoms with Crippen molar-refractivity contribution in [2.75, 3.05) is 31.5 Å². The van der Waals surface area contributed by atoms with Gasteiger partial charge in [-0.2, -0.15) is 0 Å². The van der Waals surface area contributed by atoms with E-state index in [0.717, 1.165) is 30.1 Å². The van der Waals surface area contributed by atoms with Gasteiger partial charge in [-0.15, -0.1) is 0 Å². The molecule has 0 unspecified atom stereocenters. The highest BCUT2D eigenvalue weighted by Gasteiger charge is 2.09. The molecule has 2 aromatic rings. The number of benzene rings is 1. The lowest BCUT2D eigenvalue weighted by molar-refractivity contribution is 0.237. The molecule has 4 nitrogen and oxygen atoms in total. The van der Waals surface area contributed by atoms with Crippen molar-refractivity contribution in [2.24, 2.45) is 0 Å². The van der Waals surface area contributed by atoms with Crippen LogP contribution in [0.5, 0.6) is 0 Å². The van der Waals surface area contributed by atoms with Gasteiger partial charge < -0.3 is 15.2 Å². The zero-order chi connectivity index (χ0) is 12.2. The van der Waals surface area contributed by atoms with Crippen molar-refractivity contribution in [3.63, 3.8) is 0 Å². The molecule has 2 heterocycles. The van der Waals surface area contributed by atoms with E-state index in [0.29, 0.717) is 0 Å². The van der Waals surface area contributed by atoms with Crippen LogP contribution in [0.1, 0.15) is 19.3 Å². The minimum atomic E-state index is 0.883. The van der Waals surface area contributed by atoms with E-state index < -0.39 is 0 Å². The zero-order valence-corrected chi connectivity index (χ0v) is 10.7. The Hall–Kier alpha value is -1.55. The molecule has 0 spiro atoms. The second-order valence-corrected chi connectivity index (χ2v) is 4.93. The van der Waals surface area contributed by atoms with Crippen molar-refractivity contribution in [3.8, 4) is 0 Å². The summed E-state index contributed by atoms with van der Waals surface area (Å²) in [4.78, 5) is 10.3. The minimum absolute atomic E-state index is 0.883. The topological polar surface area (TPSA) is 44.0 Å². The van der Waals surface area contributed by atoms with Crippen molar-refractivity contribution < 1.29 is 0 Å². The Bertz CT molecular complexity index is 466. The maximum absolute atomic E-state index is 4.51. The molecule has 1 aliphatic rings. The number of hydrogen-bond acceptors (Lipinski definition) is 3. The van der Waals surface area contributed by atoms with Crippen molar-refractivity contribution >= 4 is 17.0 Å². The Labute approximate surface area is 107 Å². The number of anilines is 1. The number of imidazole rings is 1. The largest absolute Gasteiger partial charge is 0.355 e. The van der Waals surface area contributed by atoms with E-state index >= 15 is 0 Å². The first-order chi connectivity index (χ1) is 8.92. The quantitative estimate of drug-likeness (QED) is 0.868. The number of para-hydroxylation sites is 2. The number of likely N-dealkylation sites (tertiary alicyclic amines) is 1. The van der Waals surface area contributed by atoms with E-state index in [2.05, 4.69) is 26.3 Å². The van der Waals surface area contributed by atoms with Crippen LogP contribution in [0.3, 0.4) is 0 Å². The minimum Gasteiger partial charge on any atom is -0.355 e. The number of nitrogens with one attached hydrogen (secondary N) is 2. The normalized spacial score (nSPS) is 17.1. The average molecular weight is 244 g/mol. The lowest BCUT2D eigenvalue weighted by Gasteiger charge is -2.26. The molecule has 0 aliphatic carbocycles. The van der Waals surface area contributed by atoms with E-state index in [1.807, 2.05) is 18.2 Å². The van der Waals surface area contributed by atoms with Crippen LogP contribution in [0.25, 0.3) is 11.0 Å². The maximum Gasteiger partial charge on any atom is 0.201 e. The van der Waals surface area contributed by atoms with Crippen LogP contribution in [0.2, 0.25) is 0 Å². The molecular formula is C14H20N4. The number of hydrogen-bond donors (Lipinski definition) is 2. The molecule has 18 heavy (non-hydrogen) atoms. The highest BCUT2D eigenvalue weighted by atomic mass is 15.2. The summed E-state index contributed by atoms with van der Waals surface area (Å²) >= 11 is 0. The molecule has 4 heteroatoms. The lowest BCUT2D eigenvalue weighted by atomic mass is 10.1. The van der Waals surface area contributed by atoms with Crippen molar-refractivity contribution in [2.45, 2.75) is 19.3 Å². The number of rotatable bonds is 4. The third kappa shape index (κ3) is 2.64. The number of H-pyrrole nitrogens is 1. The average Bonchev–Trinajstić information content (AvgIpc) is 2.82. The molecule has 0 radical (unpaired) electrons. The summed E-state index contributed by atoms with van der Waals surface area (Å²) in [6.07, 6.45) is 4.10. The second kappa shape index (κ2) is 5.40. The van der Waals surface area contributed by atoms with Crippen LogP contribution in [-0.2, 0) is 0 Å². The van der Waals surface area contributed by atoms with E-state index in [-0.39, 0.29) is 0 Å². The molecule has 1 saturated heterocycles. The van der Waals surface area contributed by atoms with Crippen LogP contribution >= 0.6 is 0 Å². The molecule has 0 amide bonds. The molecule has 2 N–H and O–H groups in total. The highest BCUT2D eigenvalue weighted by Crippen LogP contribution is 2.13. The zero-order valence-electron chi connectivity index (χ0n) is 10.7. The van der Waals surface area contributed by atoms with Crippen molar-refractivity contribution in [3.05, 3.63) is 24.3 Å². The highest BCUT2D eigenvalue weighted by molar-refractivity contribution is 5.77. The molecule has 1 aromatic heterocycles. The Balaban J connectivity index is 1.53. The van der Waals surface area contributed by atoms with Crippen LogP contribution in [0, 0.1) is 0 Å². The maximum atomic E-state index is 4.51. The summed E-state index contributed by atoms with van der Waals surface area (Å²) in [6, 6.07) is 8.12. The molecular weight excluding hydrogens is 224 g/mol. The summed E-state index contributed by atoms with van der Waals surface area (Å²) < 4.78 is 0. The van der Waals surface area contributed by atoms with E-state index in [1.165, 1.54) is 32.4 Å². The Morgan fingerprint density at radius 3 is 2.83 bits per heavy atom. The van der Waals surface area contributed by atoms with Gasteiger partial charge in [0.1, 0.15) is 0 Å². The van der Waals surface area contributed by atoms with Gasteiger partial charge in [-0.1, -0.05) is 18.6 Å². The van der Waals surface area contributed by atoms with E-state index in [4.69, 9.17) is 0 Å². The lowest BCUT2D eigenvalue weighted by Crippen LogP contribution is -2.33. The molecule has 0 saturated carbocycles. The Morgan fingerprint density at radius 1 is 1.17 bits per heavy atom. The first kappa shape index (κ1) is 11.5. The van der Waals surface area contributed by atoms with Gasteiger partial charge >= 0.3 is 0 Å². The van der Waals surface area contributed by atoms with Gasteiger partial charge in [-0.25, -0.2) is 4.98 Å². The second-order valence-electron chi connectivity index (χ2n) is 4.93. The Kier molecular flexibility index (Phi) is 3.46. The predicted octanol–water partition coefficient (Wildman–Crippen LogP) is 2.46. The third-order valence-corrected chi connectivity index (χ3v) is 3.56. The first-order valence-corrected chi connectivity index (χ1v) is 6.83. The molecule has 1 aromatic carbocycles. The van der Waals surface area contributed by atoms with Crippen molar-refractivity contribution in [1.82, 2.24) is 14.9 Å². The summed E-state index contributed by atoms with van der Waals surface area (Å²) in [5.74, 6) is 0.883. The number of aromatic amines is 1. The number of aromatic nitrogens is 2. The number of fused-ring (bicyclic) bond motifs is 1. The van der Waals surface area contributed by atoms with Crippen LogP contribution in [0.15, 0.2) is 24.3 Å². The predicted molar refractivity (Wildman–Crippen MR) is 74.9 cm³/mol. The van der Waals surface area contributed by atoms with Gasteiger partial charge in [0.05, 0.1) is 11.0 Å². The first-order valence-electron chi connectivity index (χ1n) is 6.83. The fraction of sp³-hybridized carbons (Fsp3) is 0.500. The van der Waals surface area contributed by atoms with Crippen LogP contribution in [0.4, 0.5) is 5.95 Å². The monoisotopic (exact) mass is 244 g/mol. The van der Waals surface area contributed by atoms with Crippen LogP contribution < -0.4 is 5.32 Å². The molecule has 3 rings (SSSR count). The Morgan fingerprint density at radius 2 is 2.00 bits per heavy atom. The molecule has 0 bridgehead atoms. The van der Waals surface area contributed by atoms with Gasteiger partial charge in [-0.05, 0) is 38.1 Å². The van der Waals surface area contributed by atoms with Gasteiger partial charge in [0.2, 0.25) is 5.95 Å². The third-order valence-electron chi connectivity index (χ3n) is 3.56. The SMILES string of the molecule is c1ccc2[nH]c(NCCN3CCCCC3)nc2c1. The summed E-state index contributed by atoms with van der Waals surface area (Å²) in [5.41, 5.74) is 2.12. The van der Waals surface area contributed by atoms with Gasteiger partial charge in [-0.3, -0.25) is 0 Å².